The highest BCUT2D eigenvalue weighted by atomic mass is 35.5. The zero-order valence-corrected chi connectivity index (χ0v) is 12.4. The fourth-order valence-electron chi connectivity index (χ4n) is 1.64. The average molecular weight is 300 g/mol. The van der Waals surface area contributed by atoms with E-state index in [1.54, 1.807) is 18.3 Å². The molecule has 1 heterocycles. The fraction of sp³-hybridized carbons (Fsp3) is 0.385. The third-order valence-corrected chi connectivity index (χ3v) is 3.46. The summed E-state index contributed by atoms with van der Waals surface area (Å²) in [7, 11) is 1.95. The Labute approximate surface area is 122 Å². The van der Waals surface area contributed by atoms with Gasteiger partial charge in [-0.15, -0.1) is 0 Å². The molecule has 1 aromatic heterocycles. The first kappa shape index (κ1) is 14.3. The molecule has 0 aliphatic rings. The summed E-state index contributed by atoms with van der Waals surface area (Å²) in [5.74, 6) is 0.783. The van der Waals surface area contributed by atoms with Gasteiger partial charge in [0.15, 0.2) is 0 Å². The van der Waals surface area contributed by atoms with Crippen molar-refractivity contribution in [1.82, 2.24) is 9.97 Å². The molecule has 0 saturated heterocycles. The van der Waals surface area contributed by atoms with Gasteiger partial charge in [-0.25, -0.2) is 4.98 Å². The van der Waals surface area contributed by atoms with Crippen LogP contribution in [-0.4, -0.2) is 36.8 Å². The van der Waals surface area contributed by atoms with Crippen LogP contribution in [0.25, 0.3) is 11.0 Å². The molecule has 0 atom stereocenters. The van der Waals surface area contributed by atoms with Crippen LogP contribution >= 0.6 is 23.2 Å². The molecule has 0 aliphatic heterocycles. The van der Waals surface area contributed by atoms with Gasteiger partial charge in [-0.3, -0.25) is 4.98 Å². The first-order chi connectivity index (χ1) is 9.11. The standard InChI is InChI=1S/C13H15Cl2N3O/c1-3-19-5-4-18(2)13-8-16-11-6-9(14)10(15)7-12(11)17-13/h6-8H,3-5H2,1-2H3. The molecule has 0 saturated carbocycles. The molecule has 0 N–H and O–H groups in total. The predicted molar refractivity (Wildman–Crippen MR) is 79.3 cm³/mol. The number of ether oxygens (including phenoxy) is 1. The molecule has 0 amide bonds. The highest BCUT2D eigenvalue weighted by molar-refractivity contribution is 6.42. The Kier molecular flexibility index (Phi) is 4.80. The Balaban J connectivity index is 2.23. The minimum absolute atomic E-state index is 0.484. The van der Waals surface area contributed by atoms with Crippen molar-refractivity contribution in [3.05, 3.63) is 28.4 Å². The van der Waals surface area contributed by atoms with Crippen LogP contribution in [0, 0.1) is 0 Å². The number of hydrogen-bond acceptors (Lipinski definition) is 4. The molecular formula is C13H15Cl2N3O. The zero-order chi connectivity index (χ0) is 13.8. The Hall–Kier alpha value is -1.10. The molecule has 0 bridgehead atoms. The van der Waals surface area contributed by atoms with Gasteiger partial charge in [-0.05, 0) is 19.1 Å². The number of hydrogen-bond donors (Lipinski definition) is 0. The fourth-order valence-corrected chi connectivity index (χ4v) is 1.96. The van der Waals surface area contributed by atoms with E-state index in [0.29, 0.717) is 23.3 Å². The summed E-state index contributed by atoms with van der Waals surface area (Å²) in [5, 5.41) is 0.971. The number of rotatable bonds is 5. The van der Waals surface area contributed by atoms with Crippen LogP contribution in [-0.2, 0) is 4.74 Å². The van der Waals surface area contributed by atoms with Crippen LogP contribution in [0.4, 0.5) is 5.82 Å². The second-order valence-corrected chi connectivity index (χ2v) is 4.92. The van der Waals surface area contributed by atoms with E-state index >= 15 is 0 Å². The van der Waals surface area contributed by atoms with Crippen molar-refractivity contribution >= 4 is 40.1 Å². The third kappa shape index (κ3) is 3.47. The molecule has 0 unspecified atom stereocenters. The van der Waals surface area contributed by atoms with Gasteiger partial charge in [0.1, 0.15) is 5.82 Å². The Bertz CT molecular complexity index is 577. The van der Waals surface area contributed by atoms with Gasteiger partial charge in [-0.2, -0.15) is 0 Å². The van der Waals surface area contributed by atoms with E-state index in [2.05, 4.69) is 9.97 Å². The van der Waals surface area contributed by atoms with Gasteiger partial charge in [-0.1, -0.05) is 23.2 Å². The van der Waals surface area contributed by atoms with Crippen LogP contribution in [0.2, 0.25) is 10.0 Å². The minimum atomic E-state index is 0.484. The van der Waals surface area contributed by atoms with Crippen LogP contribution in [0.15, 0.2) is 18.3 Å². The Morgan fingerprint density at radius 3 is 2.58 bits per heavy atom. The maximum atomic E-state index is 5.99. The smallest absolute Gasteiger partial charge is 0.147 e. The number of likely N-dealkylation sites (N-methyl/N-ethyl adjacent to an activating group) is 1. The highest BCUT2D eigenvalue weighted by Crippen LogP contribution is 2.26. The molecular weight excluding hydrogens is 285 g/mol. The van der Waals surface area contributed by atoms with Crippen molar-refractivity contribution in [3.63, 3.8) is 0 Å². The number of benzene rings is 1. The number of fused-ring (bicyclic) bond motifs is 1. The van der Waals surface area contributed by atoms with Crippen molar-refractivity contribution in [2.24, 2.45) is 0 Å². The molecule has 1 aromatic carbocycles. The maximum absolute atomic E-state index is 5.99. The van der Waals surface area contributed by atoms with E-state index in [-0.39, 0.29) is 0 Å². The second kappa shape index (κ2) is 6.37. The zero-order valence-electron chi connectivity index (χ0n) is 10.9. The van der Waals surface area contributed by atoms with Crippen molar-refractivity contribution in [2.75, 3.05) is 31.7 Å². The van der Waals surface area contributed by atoms with Gasteiger partial charge >= 0.3 is 0 Å². The molecule has 2 rings (SSSR count). The van der Waals surface area contributed by atoms with Gasteiger partial charge < -0.3 is 9.64 Å². The quantitative estimate of drug-likeness (QED) is 0.793. The molecule has 2 aromatic rings. The van der Waals surface area contributed by atoms with Crippen molar-refractivity contribution in [3.8, 4) is 0 Å². The first-order valence-corrected chi connectivity index (χ1v) is 6.78. The first-order valence-electron chi connectivity index (χ1n) is 6.02. The number of halogens is 2. The molecule has 6 heteroatoms. The van der Waals surface area contributed by atoms with Gasteiger partial charge in [0.25, 0.3) is 0 Å². The highest BCUT2D eigenvalue weighted by Gasteiger charge is 2.07. The lowest BCUT2D eigenvalue weighted by Gasteiger charge is -2.17. The van der Waals surface area contributed by atoms with Crippen molar-refractivity contribution in [2.45, 2.75) is 6.92 Å². The molecule has 102 valence electrons. The van der Waals surface area contributed by atoms with Gasteiger partial charge in [0, 0.05) is 20.2 Å². The number of aromatic nitrogens is 2. The molecule has 0 fully saturated rings. The van der Waals surface area contributed by atoms with E-state index in [1.807, 2.05) is 18.9 Å². The second-order valence-electron chi connectivity index (χ2n) is 4.10. The van der Waals surface area contributed by atoms with E-state index in [9.17, 15) is 0 Å². The lowest BCUT2D eigenvalue weighted by atomic mass is 10.3. The van der Waals surface area contributed by atoms with Gasteiger partial charge in [0.05, 0.1) is 33.9 Å². The SMILES string of the molecule is CCOCCN(C)c1cnc2cc(Cl)c(Cl)cc2n1. The summed E-state index contributed by atoms with van der Waals surface area (Å²) >= 11 is 11.9. The van der Waals surface area contributed by atoms with Crippen molar-refractivity contribution < 1.29 is 4.74 Å². The molecule has 0 radical (unpaired) electrons. The summed E-state index contributed by atoms with van der Waals surface area (Å²) in [6.07, 6.45) is 1.72. The summed E-state index contributed by atoms with van der Waals surface area (Å²) in [4.78, 5) is 10.9. The topological polar surface area (TPSA) is 38.2 Å². The maximum Gasteiger partial charge on any atom is 0.147 e. The normalized spacial score (nSPS) is 10.9. The van der Waals surface area contributed by atoms with Gasteiger partial charge in [0.2, 0.25) is 0 Å². The summed E-state index contributed by atoms with van der Waals surface area (Å²) < 4.78 is 5.32. The molecule has 0 aliphatic carbocycles. The Morgan fingerprint density at radius 1 is 1.21 bits per heavy atom. The third-order valence-electron chi connectivity index (χ3n) is 2.74. The van der Waals surface area contributed by atoms with Crippen LogP contribution in [0.1, 0.15) is 6.92 Å². The summed E-state index contributed by atoms with van der Waals surface area (Å²) in [5.41, 5.74) is 1.46. The lowest BCUT2D eigenvalue weighted by molar-refractivity contribution is 0.154. The number of nitrogens with zero attached hydrogens (tertiary/aromatic N) is 3. The van der Waals surface area contributed by atoms with E-state index in [4.69, 9.17) is 27.9 Å². The van der Waals surface area contributed by atoms with Crippen LogP contribution < -0.4 is 4.90 Å². The predicted octanol–water partition coefficient (Wildman–Crippen LogP) is 3.41. The monoisotopic (exact) mass is 299 g/mol. The minimum Gasteiger partial charge on any atom is -0.380 e. The molecule has 19 heavy (non-hydrogen) atoms. The van der Waals surface area contributed by atoms with E-state index < -0.39 is 0 Å². The lowest BCUT2D eigenvalue weighted by Crippen LogP contribution is -2.23. The Morgan fingerprint density at radius 2 is 1.89 bits per heavy atom. The van der Waals surface area contributed by atoms with Crippen molar-refractivity contribution in [1.29, 1.82) is 0 Å². The summed E-state index contributed by atoms with van der Waals surface area (Å²) in [6, 6.07) is 3.45. The molecule has 4 nitrogen and oxygen atoms in total. The summed E-state index contributed by atoms with van der Waals surface area (Å²) in [6.45, 7) is 4.11. The van der Waals surface area contributed by atoms with E-state index in [0.717, 1.165) is 23.4 Å². The number of anilines is 1. The van der Waals surface area contributed by atoms with Crippen LogP contribution in [0.5, 0.6) is 0 Å². The van der Waals surface area contributed by atoms with Crippen LogP contribution in [0.3, 0.4) is 0 Å². The average Bonchev–Trinajstić information content (AvgIpc) is 2.40. The molecule has 0 spiro atoms. The largest absolute Gasteiger partial charge is 0.380 e. The van der Waals surface area contributed by atoms with E-state index in [1.165, 1.54) is 0 Å².